The van der Waals surface area contributed by atoms with E-state index in [2.05, 4.69) is 10.6 Å². The van der Waals surface area contributed by atoms with Gasteiger partial charge in [0.2, 0.25) is 11.8 Å². The summed E-state index contributed by atoms with van der Waals surface area (Å²) >= 11 is 1.43. The third kappa shape index (κ3) is 5.04. The van der Waals surface area contributed by atoms with Crippen LogP contribution < -0.4 is 15.4 Å². The molecule has 2 atom stereocenters. The number of ether oxygens (including phenoxy) is 1. The van der Waals surface area contributed by atoms with E-state index in [1.165, 1.54) is 11.8 Å². The van der Waals surface area contributed by atoms with Gasteiger partial charge in [-0.25, -0.2) is 0 Å². The first kappa shape index (κ1) is 19.3. The maximum Gasteiger partial charge on any atom is 0.238 e. The molecule has 0 saturated heterocycles. The van der Waals surface area contributed by atoms with Crippen LogP contribution in [0.4, 0.5) is 5.69 Å². The predicted octanol–water partition coefficient (Wildman–Crippen LogP) is 4.15. The van der Waals surface area contributed by atoms with E-state index in [-0.39, 0.29) is 30.4 Å². The Morgan fingerprint density at radius 1 is 1.15 bits per heavy atom. The Kier molecular flexibility index (Phi) is 6.06. The van der Waals surface area contributed by atoms with Gasteiger partial charge >= 0.3 is 0 Å². The van der Waals surface area contributed by atoms with Crippen LogP contribution in [0.2, 0.25) is 0 Å². The molecule has 5 nitrogen and oxygen atoms in total. The summed E-state index contributed by atoms with van der Waals surface area (Å²) in [5.74, 6) is 0.537. The molecule has 2 aromatic carbocycles. The lowest BCUT2D eigenvalue weighted by atomic mass is 10.1. The molecule has 0 aliphatic carbocycles. The zero-order chi connectivity index (χ0) is 19.4. The molecular weight excluding hydrogens is 360 g/mol. The van der Waals surface area contributed by atoms with Gasteiger partial charge in [0.05, 0.1) is 23.1 Å². The third-order valence-electron chi connectivity index (χ3n) is 4.21. The number of nitrogens with one attached hydrogen (secondary N) is 2. The number of benzene rings is 2. The van der Waals surface area contributed by atoms with Crippen molar-refractivity contribution in [3.63, 3.8) is 0 Å². The van der Waals surface area contributed by atoms with Crippen molar-refractivity contribution in [2.45, 2.75) is 49.5 Å². The fraction of sp³-hybridized carbons (Fsp3) is 0.333. The molecule has 3 rings (SSSR count). The van der Waals surface area contributed by atoms with E-state index in [0.717, 1.165) is 21.9 Å². The van der Waals surface area contributed by atoms with Crippen molar-refractivity contribution in [1.29, 1.82) is 0 Å². The molecule has 0 radical (unpaired) electrons. The Labute approximate surface area is 163 Å². The van der Waals surface area contributed by atoms with Crippen LogP contribution in [-0.2, 0) is 9.59 Å². The fourth-order valence-electron chi connectivity index (χ4n) is 2.89. The molecule has 0 spiro atoms. The molecule has 2 N–H and O–H groups in total. The van der Waals surface area contributed by atoms with Crippen LogP contribution in [-0.4, -0.2) is 23.2 Å². The van der Waals surface area contributed by atoms with Crippen LogP contribution in [0.5, 0.6) is 5.75 Å². The third-order valence-corrected chi connectivity index (χ3v) is 5.48. The maximum absolute atomic E-state index is 12.4. The topological polar surface area (TPSA) is 67.4 Å². The van der Waals surface area contributed by atoms with E-state index in [9.17, 15) is 9.59 Å². The number of para-hydroxylation sites is 1. The molecule has 27 heavy (non-hydrogen) atoms. The largest absolute Gasteiger partial charge is 0.491 e. The number of hydrogen-bond acceptors (Lipinski definition) is 4. The lowest BCUT2D eigenvalue weighted by Gasteiger charge is -2.24. The van der Waals surface area contributed by atoms with Gasteiger partial charge in [0.1, 0.15) is 5.75 Å². The zero-order valence-corrected chi connectivity index (χ0v) is 16.5. The molecule has 6 heteroatoms. The van der Waals surface area contributed by atoms with E-state index in [1.807, 2.05) is 69.3 Å². The summed E-state index contributed by atoms with van der Waals surface area (Å²) in [6.07, 6.45) is 0.265. The molecule has 142 valence electrons. The molecule has 1 heterocycles. The van der Waals surface area contributed by atoms with Crippen molar-refractivity contribution in [2.75, 3.05) is 5.32 Å². The van der Waals surface area contributed by atoms with Crippen molar-refractivity contribution < 1.29 is 14.3 Å². The first-order chi connectivity index (χ1) is 12.9. The minimum absolute atomic E-state index is 0.122. The zero-order valence-electron chi connectivity index (χ0n) is 15.7. The number of carbonyl (C=O) groups excluding carboxylic acids is 2. The Morgan fingerprint density at radius 2 is 1.85 bits per heavy atom. The number of rotatable bonds is 6. The van der Waals surface area contributed by atoms with E-state index in [0.29, 0.717) is 0 Å². The monoisotopic (exact) mass is 384 g/mol. The van der Waals surface area contributed by atoms with E-state index < -0.39 is 5.25 Å². The predicted molar refractivity (Wildman–Crippen MR) is 108 cm³/mol. The number of amides is 2. The van der Waals surface area contributed by atoms with Gasteiger partial charge in [-0.3, -0.25) is 9.59 Å². The van der Waals surface area contributed by atoms with Gasteiger partial charge < -0.3 is 15.4 Å². The number of hydrogen-bond donors (Lipinski definition) is 2. The van der Waals surface area contributed by atoms with Gasteiger partial charge in [-0.2, -0.15) is 0 Å². The van der Waals surface area contributed by atoms with Crippen LogP contribution in [0.1, 0.15) is 38.8 Å². The molecule has 2 aromatic rings. The highest BCUT2D eigenvalue weighted by molar-refractivity contribution is 8.01. The smallest absolute Gasteiger partial charge is 0.238 e. The number of carbonyl (C=O) groups is 2. The Balaban J connectivity index is 1.56. The maximum atomic E-state index is 12.4. The SMILES string of the molecule is CC(C)Oc1ccc(C(C)NC(=O)CC2Sc3ccccc3NC2=O)cc1. The Morgan fingerprint density at radius 3 is 2.56 bits per heavy atom. The summed E-state index contributed by atoms with van der Waals surface area (Å²) in [6.45, 7) is 5.89. The highest BCUT2D eigenvalue weighted by atomic mass is 32.2. The molecule has 1 aliphatic rings. The quantitative estimate of drug-likeness (QED) is 0.785. The molecule has 2 amide bonds. The summed E-state index contributed by atoms with van der Waals surface area (Å²) in [5, 5.41) is 5.42. The van der Waals surface area contributed by atoms with Gasteiger partial charge in [0.25, 0.3) is 0 Å². The molecule has 1 aliphatic heterocycles. The van der Waals surface area contributed by atoms with E-state index in [4.69, 9.17) is 4.74 Å². The van der Waals surface area contributed by atoms with Crippen LogP contribution >= 0.6 is 11.8 Å². The number of thioether (sulfide) groups is 1. The van der Waals surface area contributed by atoms with Crippen molar-refractivity contribution in [2.24, 2.45) is 0 Å². The van der Waals surface area contributed by atoms with Gasteiger partial charge in [-0.15, -0.1) is 11.8 Å². The number of fused-ring (bicyclic) bond motifs is 1. The Hall–Kier alpha value is -2.47. The Bertz CT molecular complexity index is 820. The summed E-state index contributed by atoms with van der Waals surface area (Å²) in [5.41, 5.74) is 1.80. The van der Waals surface area contributed by atoms with Gasteiger partial charge in [-0.1, -0.05) is 24.3 Å². The summed E-state index contributed by atoms with van der Waals surface area (Å²) < 4.78 is 5.64. The first-order valence-corrected chi connectivity index (χ1v) is 9.93. The lowest BCUT2D eigenvalue weighted by Crippen LogP contribution is -2.35. The van der Waals surface area contributed by atoms with Crippen molar-refractivity contribution in [3.8, 4) is 5.75 Å². The summed E-state index contributed by atoms with van der Waals surface area (Å²) in [6, 6.07) is 15.2. The van der Waals surface area contributed by atoms with Crippen LogP contribution in [0.3, 0.4) is 0 Å². The average Bonchev–Trinajstić information content (AvgIpc) is 2.62. The van der Waals surface area contributed by atoms with Gasteiger partial charge in [0.15, 0.2) is 0 Å². The fourth-order valence-corrected chi connectivity index (χ4v) is 4.00. The van der Waals surface area contributed by atoms with Gasteiger partial charge in [-0.05, 0) is 50.6 Å². The minimum atomic E-state index is -0.422. The van der Waals surface area contributed by atoms with Crippen LogP contribution in [0, 0.1) is 0 Å². The second-order valence-corrected chi connectivity index (χ2v) is 8.07. The first-order valence-electron chi connectivity index (χ1n) is 9.05. The highest BCUT2D eigenvalue weighted by Gasteiger charge is 2.29. The van der Waals surface area contributed by atoms with E-state index in [1.54, 1.807) is 0 Å². The highest BCUT2D eigenvalue weighted by Crippen LogP contribution is 2.36. The lowest BCUT2D eigenvalue weighted by molar-refractivity contribution is -0.124. The normalized spacial score (nSPS) is 17.0. The molecule has 0 bridgehead atoms. The molecule has 0 fully saturated rings. The molecule has 2 unspecified atom stereocenters. The van der Waals surface area contributed by atoms with Crippen molar-refractivity contribution in [3.05, 3.63) is 54.1 Å². The average molecular weight is 385 g/mol. The van der Waals surface area contributed by atoms with Crippen LogP contribution in [0.15, 0.2) is 53.4 Å². The second-order valence-electron chi connectivity index (χ2n) is 6.82. The minimum Gasteiger partial charge on any atom is -0.491 e. The van der Waals surface area contributed by atoms with E-state index >= 15 is 0 Å². The summed E-state index contributed by atoms with van der Waals surface area (Å²) in [4.78, 5) is 25.7. The van der Waals surface area contributed by atoms with Gasteiger partial charge in [0, 0.05) is 11.3 Å². The standard InChI is InChI=1S/C21H24N2O3S/c1-13(2)26-16-10-8-15(9-11-16)14(3)22-20(24)12-19-21(25)23-17-6-4-5-7-18(17)27-19/h4-11,13-14,19H,12H2,1-3H3,(H,22,24)(H,23,25). The molecular formula is C21H24N2O3S. The van der Waals surface area contributed by atoms with Crippen molar-refractivity contribution in [1.82, 2.24) is 5.32 Å². The molecule has 0 aromatic heterocycles. The second kappa shape index (κ2) is 8.48. The van der Waals surface area contributed by atoms with Crippen LogP contribution in [0.25, 0.3) is 0 Å². The number of anilines is 1. The molecule has 0 saturated carbocycles. The summed E-state index contributed by atoms with van der Waals surface area (Å²) in [7, 11) is 0. The van der Waals surface area contributed by atoms with Crippen molar-refractivity contribution >= 4 is 29.3 Å².